The molecule has 0 aromatic carbocycles. The molecule has 0 spiro atoms. The number of carbonyl (C=O) groups excluding carboxylic acids is 4. The van der Waals surface area contributed by atoms with Gasteiger partial charge in [0.15, 0.2) is 0 Å². The Bertz CT molecular complexity index is 563. The third-order valence-electron chi connectivity index (χ3n) is 3.50. The molecule has 0 atom stereocenters. The van der Waals surface area contributed by atoms with Crippen LogP contribution in [-0.2, 0) is 33.4 Å². The van der Waals surface area contributed by atoms with Gasteiger partial charge in [0.25, 0.3) is 11.8 Å². The van der Waals surface area contributed by atoms with E-state index in [0.29, 0.717) is 32.8 Å². The number of nitrogens with one attached hydrogen (secondary N) is 1. The second kappa shape index (κ2) is 12.2. The maximum absolute atomic E-state index is 11.7. The fourth-order valence-electron chi connectivity index (χ4n) is 2.27. The van der Waals surface area contributed by atoms with Crippen LogP contribution in [0.3, 0.4) is 0 Å². The van der Waals surface area contributed by atoms with Gasteiger partial charge in [0.2, 0.25) is 5.91 Å². The Labute approximate surface area is 165 Å². The molecule has 0 aromatic heterocycles. The summed E-state index contributed by atoms with van der Waals surface area (Å²) in [5.74, 6) is -1.14. The van der Waals surface area contributed by atoms with E-state index >= 15 is 0 Å². The summed E-state index contributed by atoms with van der Waals surface area (Å²) in [5, 5.41) is 2.70. The highest BCUT2D eigenvalue weighted by Crippen LogP contribution is 2.08. The Morgan fingerprint density at radius 2 is 1.57 bits per heavy atom. The molecule has 158 valence electrons. The molecule has 28 heavy (non-hydrogen) atoms. The van der Waals surface area contributed by atoms with Crippen LogP contribution in [0.5, 0.6) is 0 Å². The van der Waals surface area contributed by atoms with Crippen LogP contribution in [0.2, 0.25) is 0 Å². The minimum atomic E-state index is -0.495. The fourth-order valence-corrected chi connectivity index (χ4v) is 2.27. The molecule has 0 aromatic rings. The van der Waals surface area contributed by atoms with E-state index in [-0.39, 0.29) is 49.7 Å². The number of imide groups is 1. The van der Waals surface area contributed by atoms with E-state index in [1.807, 2.05) is 20.8 Å². The van der Waals surface area contributed by atoms with Gasteiger partial charge >= 0.3 is 5.97 Å². The number of hydrogen-bond acceptors (Lipinski definition) is 7. The molecule has 0 fully saturated rings. The number of carbonyl (C=O) groups is 4. The first-order chi connectivity index (χ1) is 13.2. The van der Waals surface area contributed by atoms with E-state index in [4.69, 9.17) is 14.2 Å². The summed E-state index contributed by atoms with van der Waals surface area (Å²) >= 11 is 0. The highest BCUT2D eigenvalue weighted by Gasteiger charge is 2.22. The van der Waals surface area contributed by atoms with Crippen LogP contribution in [0, 0.1) is 0 Å². The highest BCUT2D eigenvalue weighted by molar-refractivity contribution is 6.12. The molecule has 1 aliphatic rings. The fraction of sp³-hybridized carbons (Fsp3) is 0.684. The third kappa shape index (κ3) is 10.8. The summed E-state index contributed by atoms with van der Waals surface area (Å²) in [7, 11) is 0. The Morgan fingerprint density at radius 3 is 2.18 bits per heavy atom. The van der Waals surface area contributed by atoms with Crippen molar-refractivity contribution in [3.8, 4) is 0 Å². The standard InChI is InChI=1S/C19H30N2O7/c1-19(2,3)28-18(25)8-11-26-13-14-27-12-9-20-15(22)5-4-10-21-16(23)6-7-17(21)24/h6-7H,4-5,8-14H2,1-3H3,(H,20,22). The third-order valence-corrected chi connectivity index (χ3v) is 3.50. The van der Waals surface area contributed by atoms with E-state index in [9.17, 15) is 19.2 Å². The Balaban J connectivity index is 1.90. The summed E-state index contributed by atoms with van der Waals surface area (Å²) in [5.41, 5.74) is -0.495. The molecule has 0 saturated heterocycles. The molecule has 1 heterocycles. The monoisotopic (exact) mass is 398 g/mol. The smallest absolute Gasteiger partial charge is 0.308 e. The zero-order chi connectivity index (χ0) is 21.0. The van der Waals surface area contributed by atoms with Crippen LogP contribution < -0.4 is 5.32 Å². The topological polar surface area (TPSA) is 111 Å². The van der Waals surface area contributed by atoms with Crippen LogP contribution in [-0.4, -0.2) is 73.7 Å². The molecule has 0 saturated carbocycles. The van der Waals surface area contributed by atoms with Crippen molar-refractivity contribution in [1.29, 1.82) is 0 Å². The van der Waals surface area contributed by atoms with Gasteiger partial charge in [0.1, 0.15) is 5.60 Å². The minimum Gasteiger partial charge on any atom is -0.460 e. The molecule has 3 amide bonds. The lowest BCUT2D eigenvalue weighted by Gasteiger charge is -2.19. The van der Waals surface area contributed by atoms with Crippen molar-refractivity contribution in [2.24, 2.45) is 0 Å². The summed E-state index contributed by atoms with van der Waals surface area (Å²) in [6, 6.07) is 0. The first-order valence-electron chi connectivity index (χ1n) is 9.36. The van der Waals surface area contributed by atoms with Crippen LogP contribution in [0.25, 0.3) is 0 Å². The summed E-state index contributed by atoms with van der Waals surface area (Å²) in [6.07, 6.45) is 3.28. The van der Waals surface area contributed by atoms with Gasteiger partial charge in [-0.05, 0) is 27.2 Å². The number of hydrogen-bond donors (Lipinski definition) is 1. The van der Waals surface area contributed by atoms with E-state index in [0.717, 1.165) is 4.90 Å². The van der Waals surface area contributed by atoms with Gasteiger partial charge in [0, 0.05) is 31.7 Å². The molecule has 0 aliphatic carbocycles. The SMILES string of the molecule is CC(C)(C)OC(=O)CCOCCOCCNC(=O)CCCN1C(=O)C=CC1=O. The number of ether oxygens (including phenoxy) is 3. The molecule has 0 bridgehead atoms. The average Bonchev–Trinajstić information content (AvgIpc) is 2.90. The van der Waals surface area contributed by atoms with Crippen molar-refractivity contribution in [2.75, 3.05) is 39.5 Å². The first kappa shape index (κ1) is 23.8. The predicted molar refractivity (Wildman–Crippen MR) is 100 cm³/mol. The summed E-state index contributed by atoms with van der Waals surface area (Å²) in [4.78, 5) is 47.0. The van der Waals surface area contributed by atoms with E-state index < -0.39 is 5.60 Å². The molecule has 0 radical (unpaired) electrons. The van der Waals surface area contributed by atoms with Crippen molar-refractivity contribution in [2.45, 2.75) is 45.6 Å². The van der Waals surface area contributed by atoms with Crippen LogP contribution in [0.4, 0.5) is 0 Å². The van der Waals surface area contributed by atoms with Crippen molar-refractivity contribution in [3.05, 3.63) is 12.2 Å². The van der Waals surface area contributed by atoms with Gasteiger partial charge in [-0.1, -0.05) is 0 Å². The lowest BCUT2D eigenvalue weighted by molar-refractivity contribution is -0.156. The van der Waals surface area contributed by atoms with Gasteiger partial charge in [-0.25, -0.2) is 0 Å². The van der Waals surface area contributed by atoms with Gasteiger partial charge in [-0.3, -0.25) is 24.1 Å². The zero-order valence-electron chi connectivity index (χ0n) is 16.8. The van der Waals surface area contributed by atoms with E-state index in [1.165, 1.54) is 12.2 Å². The van der Waals surface area contributed by atoms with Crippen molar-refractivity contribution < 1.29 is 33.4 Å². The van der Waals surface area contributed by atoms with E-state index in [2.05, 4.69) is 5.32 Å². The second-order valence-corrected chi connectivity index (χ2v) is 7.18. The number of amides is 3. The molecule has 1 N–H and O–H groups in total. The lowest BCUT2D eigenvalue weighted by atomic mass is 10.2. The zero-order valence-corrected chi connectivity index (χ0v) is 16.8. The summed E-state index contributed by atoms with van der Waals surface area (Å²) in [6.45, 7) is 7.34. The summed E-state index contributed by atoms with van der Waals surface area (Å²) < 4.78 is 15.8. The van der Waals surface area contributed by atoms with Gasteiger partial charge < -0.3 is 19.5 Å². The number of esters is 1. The van der Waals surface area contributed by atoms with Crippen molar-refractivity contribution in [1.82, 2.24) is 10.2 Å². The van der Waals surface area contributed by atoms with Crippen LogP contribution in [0.15, 0.2) is 12.2 Å². The van der Waals surface area contributed by atoms with Crippen molar-refractivity contribution >= 4 is 23.7 Å². The molecular weight excluding hydrogens is 368 g/mol. The molecule has 0 unspecified atom stereocenters. The predicted octanol–water partition coefficient (Wildman–Crippen LogP) is 0.573. The quantitative estimate of drug-likeness (QED) is 0.274. The van der Waals surface area contributed by atoms with Gasteiger partial charge in [0.05, 0.1) is 32.8 Å². The lowest BCUT2D eigenvalue weighted by Crippen LogP contribution is -2.32. The Morgan fingerprint density at radius 1 is 0.964 bits per heavy atom. The highest BCUT2D eigenvalue weighted by atomic mass is 16.6. The Kier molecular flexibility index (Phi) is 10.4. The minimum absolute atomic E-state index is 0.163. The first-order valence-corrected chi connectivity index (χ1v) is 9.36. The number of rotatable bonds is 13. The molecular formula is C19H30N2O7. The maximum atomic E-state index is 11.7. The van der Waals surface area contributed by atoms with Crippen LogP contribution >= 0.6 is 0 Å². The Hall–Kier alpha value is -2.26. The van der Waals surface area contributed by atoms with Gasteiger partial charge in [-0.15, -0.1) is 0 Å². The largest absolute Gasteiger partial charge is 0.460 e. The normalized spacial score (nSPS) is 13.9. The molecule has 9 heteroatoms. The average molecular weight is 398 g/mol. The molecule has 1 aliphatic heterocycles. The van der Waals surface area contributed by atoms with Crippen molar-refractivity contribution in [3.63, 3.8) is 0 Å². The molecule has 9 nitrogen and oxygen atoms in total. The van der Waals surface area contributed by atoms with E-state index in [1.54, 1.807) is 0 Å². The number of nitrogens with zero attached hydrogens (tertiary/aromatic N) is 1. The maximum Gasteiger partial charge on any atom is 0.308 e. The molecule has 1 rings (SSSR count). The van der Waals surface area contributed by atoms with Crippen LogP contribution in [0.1, 0.15) is 40.0 Å². The van der Waals surface area contributed by atoms with Gasteiger partial charge in [-0.2, -0.15) is 0 Å². The second-order valence-electron chi connectivity index (χ2n) is 7.18.